The highest BCUT2D eigenvalue weighted by Gasteiger charge is 2.35. The monoisotopic (exact) mass is 343 g/mol. The summed E-state index contributed by atoms with van der Waals surface area (Å²) in [5, 5.41) is 6.50. The number of hydrogen-bond acceptors (Lipinski definition) is 3. The van der Waals surface area contributed by atoms with Crippen LogP contribution >= 0.6 is 0 Å². The average Bonchev–Trinajstić information content (AvgIpc) is 2.61. The van der Waals surface area contributed by atoms with Crippen molar-refractivity contribution in [3.8, 4) is 0 Å². The molecule has 0 aromatic heterocycles. The van der Waals surface area contributed by atoms with E-state index in [0.717, 1.165) is 31.5 Å². The summed E-state index contributed by atoms with van der Waals surface area (Å²) in [5.74, 6) is 0.367. The molecule has 2 heterocycles. The van der Waals surface area contributed by atoms with Crippen LogP contribution in [0.5, 0.6) is 0 Å². The van der Waals surface area contributed by atoms with Gasteiger partial charge in [-0.25, -0.2) is 0 Å². The predicted molar refractivity (Wildman–Crippen MR) is 98.0 cm³/mol. The summed E-state index contributed by atoms with van der Waals surface area (Å²) in [4.78, 5) is 27.5. The smallest absolute Gasteiger partial charge is 0.243 e. The first-order valence-electron chi connectivity index (χ1n) is 9.42. The lowest BCUT2D eigenvalue weighted by Gasteiger charge is -2.37. The van der Waals surface area contributed by atoms with E-state index in [1.807, 2.05) is 26.0 Å². The molecule has 0 aliphatic carbocycles. The van der Waals surface area contributed by atoms with Gasteiger partial charge in [-0.1, -0.05) is 38.1 Å². The van der Waals surface area contributed by atoms with Crippen LogP contribution < -0.4 is 10.6 Å². The normalized spacial score (nSPS) is 21.1. The Bertz CT molecular complexity index is 623. The first kappa shape index (κ1) is 17.9. The van der Waals surface area contributed by atoms with Crippen LogP contribution in [0.15, 0.2) is 24.3 Å². The number of amides is 2. The molecule has 2 aliphatic heterocycles. The molecular weight excluding hydrogens is 314 g/mol. The Kier molecular flexibility index (Phi) is 5.74. The van der Waals surface area contributed by atoms with Gasteiger partial charge in [0.05, 0.1) is 0 Å². The first-order chi connectivity index (χ1) is 12.0. The molecule has 0 saturated carbocycles. The zero-order valence-electron chi connectivity index (χ0n) is 15.3. The molecule has 0 radical (unpaired) electrons. The standard InChI is InChI=1S/C20H29N3O2/c1-14(2)11-19(24)23-13-16-6-4-3-5-15(16)12-18(23)20(25)22-17-7-9-21-10-8-17/h3-6,14,17-18,21H,7-13H2,1-2H3,(H,22,25). The summed E-state index contributed by atoms with van der Waals surface area (Å²) in [6.07, 6.45) is 3.00. The highest BCUT2D eigenvalue weighted by atomic mass is 16.2. The summed E-state index contributed by atoms with van der Waals surface area (Å²) < 4.78 is 0. The molecule has 5 nitrogen and oxygen atoms in total. The molecule has 25 heavy (non-hydrogen) atoms. The molecule has 1 aromatic rings. The Morgan fingerprint density at radius 1 is 1.20 bits per heavy atom. The highest BCUT2D eigenvalue weighted by molar-refractivity contribution is 5.88. The lowest BCUT2D eigenvalue weighted by atomic mass is 9.92. The van der Waals surface area contributed by atoms with Crippen LogP contribution in [0.25, 0.3) is 0 Å². The molecule has 1 atom stereocenters. The molecule has 2 aliphatic rings. The van der Waals surface area contributed by atoms with Crippen LogP contribution in [0.3, 0.4) is 0 Å². The SMILES string of the molecule is CC(C)CC(=O)N1Cc2ccccc2CC1C(=O)NC1CCNCC1. The summed E-state index contributed by atoms with van der Waals surface area (Å²) in [6.45, 7) is 6.49. The fourth-order valence-electron chi connectivity index (χ4n) is 3.75. The number of carbonyl (C=O) groups excluding carboxylic acids is 2. The minimum absolute atomic E-state index is 0.00138. The van der Waals surface area contributed by atoms with Crippen LogP contribution in [0.1, 0.15) is 44.2 Å². The van der Waals surface area contributed by atoms with Gasteiger partial charge < -0.3 is 15.5 Å². The molecule has 136 valence electrons. The van der Waals surface area contributed by atoms with Crippen molar-refractivity contribution in [2.75, 3.05) is 13.1 Å². The largest absolute Gasteiger partial charge is 0.351 e. The second kappa shape index (κ2) is 8.00. The Labute approximate surface area is 150 Å². The Hall–Kier alpha value is -1.88. The number of nitrogens with one attached hydrogen (secondary N) is 2. The van der Waals surface area contributed by atoms with Crippen molar-refractivity contribution in [3.63, 3.8) is 0 Å². The van der Waals surface area contributed by atoms with Gasteiger partial charge in [-0.15, -0.1) is 0 Å². The van der Waals surface area contributed by atoms with E-state index in [-0.39, 0.29) is 23.8 Å². The Morgan fingerprint density at radius 3 is 2.56 bits per heavy atom. The van der Waals surface area contributed by atoms with Gasteiger partial charge in [0.1, 0.15) is 6.04 Å². The van der Waals surface area contributed by atoms with Crippen LogP contribution in [0.4, 0.5) is 0 Å². The molecule has 1 aromatic carbocycles. The van der Waals surface area contributed by atoms with Crippen molar-refractivity contribution in [1.29, 1.82) is 0 Å². The van der Waals surface area contributed by atoms with Gasteiger partial charge in [0.2, 0.25) is 11.8 Å². The van der Waals surface area contributed by atoms with E-state index in [4.69, 9.17) is 0 Å². The van der Waals surface area contributed by atoms with E-state index in [0.29, 0.717) is 19.4 Å². The van der Waals surface area contributed by atoms with Gasteiger partial charge in [-0.3, -0.25) is 9.59 Å². The topological polar surface area (TPSA) is 61.4 Å². The number of hydrogen-bond donors (Lipinski definition) is 2. The molecule has 0 bridgehead atoms. The number of carbonyl (C=O) groups is 2. The van der Waals surface area contributed by atoms with E-state index < -0.39 is 6.04 Å². The molecule has 3 rings (SSSR count). The summed E-state index contributed by atoms with van der Waals surface area (Å²) in [5.41, 5.74) is 2.34. The van der Waals surface area contributed by atoms with Crippen LogP contribution in [0.2, 0.25) is 0 Å². The van der Waals surface area contributed by atoms with Crippen molar-refractivity contribution in [1.82, 2.24) is 15.5 Å². The first-order valence-corrected chi connectivity index (χ1v) is 9.42. The van der Waals surface area contributed by atoms with Crippen molar-refractivity contribution in [2.45, 2.75) is 58.2 Å². The molecule has 0 spiro atoms. The Morgan fingerprint density at radius 2 is 1.88 bits per heavy atom. The third-order valence-corrected chi connectivity index (χ3v) is 5.14. The van der Waals surface area contributed by atoms with Crippen molar-refractivity contribution in [2.24, 2.45) is 5.92 Å². The third kappa shape index (κ3) is 4.40. The van der Waals surface area contributed by atoms with Gasteiger partial charge in [0.25, 0.3) is 0 Å². The number of nitrogens with zero attached hydrogens (tertiary/aromatic N) is 1. The second-order valence-corrected chi connectivity index (χ2v) is 7.64. The molecule has 2 amide bonds. The molecule has 1 fully saturated rings. The molecular formula is C20H29N3O2. The highest BCUT2D eigenvalue weighted by Crippen LogP contribution is 2.25. The predicted octanol–water partition coefficient (Wildman–Crippen LogP) is 1.85. The number of benzene rings is 1. The third-order valence-electron chi connectivity index (χ3n) is 5.14. The fourth-order valence-corrected chi connectivity index (χ4v) is 3.75. The van der Waals surface area contributed by atoms with Gasteiger partial charge in [-0.2, -0.15) is 0 Å². The van der Waals surface area contributed by atoms with Crippen LogP contribution in [-0.4, -0.2) is 41.9 Å². The quantitative estimate of drug-likeness (QED) is 0.877. The van der Waals surface area contributed by atoms with Gasteiger partial charge in [0.15, 0.2) is 0 Å². The maximum Gasteiger partial charge on any atom is 0.243 e. The zero-order valence-corrected chi connectivity index (χ0v) is 15.3. The molecule has 1 unspecified atom stereocenters. The number of piperidine rings is 1. The van der Waals surface area contributed by atoms with Gasteiger partial charge in [0, 0.05) is 25.4 Å². The lowest BCUT2D eigenvalue weighted by Crippen LogP contribution is -2.55. The van der Waals surface area contributed by atoms with Crippen molar-refractivity contribution < 1.29 is 9.59 Å². The molecule has 2 N–H and O–H groups in total. The average molecular weight is 343 g/mol. The van der Waals surface area contributed by atoms with E-state index in [2.05, 4.69) is 22.8 Å². The number of rotatable bonds is 4. The minimum atomic E-state index is -0.393. The lowest BCUT2D eigenvalue weighted by molar-refractivity contribution is -0.142. The molecule has 5 heteroatoms. The maximum absolute atomic E-state index is 13.0. The summed E-state index contributed by atoms with van der Waals surface area (Å²) in [6, 6.07) is 7.96. The van der Waals surface area contributed by atoms with Gasteiger partial charge in [-0.05, 0) is 43.0 Å². The fraction of sp³-hybridized carbons (Fsp3) is 0.600. The van der Waals surface area contributed by atoms with E-state index in [9.17, 15) is 9.59 Å². The van der Waals surface area contributed by atoms with E-state index in [1.54, 1.807) is 4.90 Å². The zero-order chi connectivity index (χ0) is 17.8. The van der Waals surface area contributed by atoms with Gasteiger partial charge >= 0.3 is 0 Å². The minimum Gasteiger partial charge on any atom is -0.351 e. The second-order valence-electron chi connectivity index (χ2n) is 7.64. The molecule has 1 saturated heterocycles. The number of fused-ring (bicyclic) bond motifs is 1. The van der Waals surface area contributed by atoms with Crippen molar-refractivity contribution in [3.05, 3.63) is 35.4 Å². The maximum atomic E-state index is 13.0. The summed E-state index contributed by atoms with van der Waals surface area (Å²) in [7, 11) is 0. The van der Waals surface area contributed by atoms with E-state index >= 15 is 0 Å². The van der Waals surface area contributed by atoms with Crippen LogP contribution in [0, 0.1) is 5.92 Å². The Balaban J connectivity index is 1.77. The van der Waals surface area contributed by atoms with Crippen molar-refractivity contribution >= 4 is 11.8 Å². The van der Waals surface area contributed by atoms with Crippen LogP contribution in [-0.2, 0) is 22.6 Å². The summed E-state index contributed by atoms with van der Waals surface area (Å²) >= 11 is 0. The van der Waals surface area contributed by atoms with E-state index in [1.165, 1.54) is 5.56 Å².